The van der Waals surface area contributed by atoms with Gasteiger partial charge < -0.3 is 39.8 Å². The minimum absolute atomic E-state index is 0.0470. The van der Waals surface area contributed by atoms with E-state index in [1.54, 1.807) is 23.5 Å². The third-order valence-electron chi connectivity index (χ3n) is 12.3. The van der Waals surface area contributed by atoms with Crippen molar-refractivity contribution in [2.24, 2.45) is 17.3 Å². The summed E-state index contributed by atoms with van der Waals surface area (Å²) in [5, 5.41) is 28.6. The summed E-state index contributed by atoms with van der Waals surface area (Å²) in [6.45, 7) is 11.0. The number of aliphatic hydroxyl groups is 1. The molecule has 1 aliphatic carbocycles. The molecule has 1 amide bonds. The van der Waals surface area contributed by atoms with Crippen LogP contribution < -0.4 is 15.4 Å². The second-order valence-corrected chi connectivity index (χ2v) is 21.0. The van der Waals surface area contributed by atoms with Crippen molar-refractivity contribution in [3.63, 3.8) is 0 Å². The van der Waals surface area contributed by atoms with Gasteiger partial charge in [-0.05, 0) is 109 Å². The number of hydrogen-bond donors (Lipinski definition) is 4. The van der Waals surface area contributed by atoms with Gasteiger partial charge in [-0.2, -0.15) is 4.31 Å². The molecular formula is C47H59N3O10S2. The summed E-state index contributed by atoms with van der Waals surface area (Å²) in [6.07, 6.45) is 0.866. The molecule has 0 radical (unpaired) electrons. The third kappa shape index (κ3) is 10.1. The van der Waals surface area contributed by atoms with E-state index in [0.717, 1.165) is 57.0 Å². The molecule has 2 aliphatic heterocycles. The molecule has 0 unspecified atom stereocenters. The third-order valence-corrected chi connectivity index (χ3v) is 15.5. The fraction of sp³-hybridized carbons (Fsp3) is 0.489. The number of nitrogens with one attached hydrogen (secondary N) is 2. The number of ether oxygens (including phenoxy) is 4. The normalized spacial score (nSPS) is 21.6. The second-order valence-electron chi connectivity index (χ2n) is 18.0. The molecule has 334 valence electrons. The summed E-state index contributed by atoms with van der Waals surface area (Å²) in [6, 6.07) is 20.7. The Morgan fingerprint density at radius 3 is 2.42 bits per heavy atom. The van der Waals surface area contributed by atoms with E-state index in [0.29, 0.717) is 30.9 Å². The van der Waals surface area contributed by atoms with E-state index < -0.39 is 46.1 Å². The van der Waals surface area contributed by atoms with Crippen LogP contribution in [0.25, 0.3) is 10.4 Å². The maximum absolute atomic E-state index is 14.0. The molecule has 0 bridgehead atoms. The van der Waals surface area contributed by atoms with Gasteiger partial charge >= 0.3 is 12.1 Å². The highest BCUT2D eigenvalue weighted by atomic mass is 32.2. The van der Waals surface area contributed by atoms with Crippen LogP contribution in [-0.4, -0.2) is 92.4 Å². The monoisotopic (exact) mass is 889 g/mol. The van der Waals surface area contributed by atoms with Crippen LogP contribution >= 0.6 is 11.3 Å². The number of methoxy groups -OCH3 is 1. The zero-order valence-electron chi connectivity index (χ0n) is 36.3. The molecule has 3 aromatic carbocycles. The topological polar surface area (TPSA) is 173 Å². The van der Waals surface area contributed by atoms with Crippen LogP contribution in [0.15, 0.2) is 77.7 Å². The Morgan fingerprint density at radius 2 is 1.73 bits per heavy atom. The average molecular weight is 890 g/mol. The smallest absolute Gasteiger partial charge is 0.407 e. The van der Waals surface area contributed by atoms with Crippen molar-refractivity contribution < 1.29 is 47.2 Å². The van der Waals surface area contributed by atoms with Crippen LogP contribution in [0.4, 0.5) is 10.5 Å². The van der Waals surface area contributed by atoms with Crippen LogP contribution in [0.1, 0.15) is 79.4 Å². The van der Waals surface area contributed by atoms with Gasteiger partial charge in [0.1, 0.15) is 11.9 Å². The molecule has 62 heavy (non-hydrogen) atoms. The summed E-state index contributed by atoms with van der Waals surface area (Å²) < 4.78 is 52.0. The van der Waals surface area contributed by atoms with Gasteiger partial charge in [-0.15, -0.1) is 11.3 Å². The quantitative estimate of drug-likeness (QED) is 0.0817. The number of aliphatic hydroxyl groups excluding tert-OH is 1. The van der Waals surface area contributed by atoms with Crippen molar-refractivity contribution in [3.05, 3.63) is 99.9 Å². The molecule has 3 heterocycles. The number of amides is 1. The summed E-state index contributed by atoms with van der Waals surface area (Å²) in [4.78, 5) is 28.3. The van der Waals surface area contributed by atoms with Crippen LogP contribution in [0.3, 0.4) is 0 Å². The van der Waals surface area contributed by atoms with Crippen LogP contribution in [0.5, 0.6) is 5.75 Å². The fourth-order valence-corrected chi connectivity index (χ4v) is 11.9. The predicted molar refractivity (Wildman–Crippen MR) is 238 cm³/mol. The molecule has 1 aromatic heterocycles. The van der Waals surface area contributed by atoms with Gasteiger partial charge in [0.05, 0.1) is 48.8 Å². The molecule has 2 fully saturated rings. The van der Waals surface area contributed by atoms with E-state index in [2.05, 4.69) is 24.5 Å². The molecule has 3 aliphatic rings. The first-order chi connectivity index (χ1) is 29.5. The Bertz CT molecular complexity index is 2330. The number of fused-ring (bicyclic) bond motifs is 2. The predicted octanol–water partition coefficient (Wildman–Crippen LogP) is 7.75. The molecule has 15 heteroatoms. The van der Waals surface area contributed by atoms with Crippen molar-refractivity contribution in [3.8, 4) is 16.2 Å². The number of sulfonamides is 1. The molecule has 0 spiro atoms. The van der Waals surface area contributed by atoms with Crippen molar-refractivity contribution in [1.29, 1.82) is 0 Å². The number of carbonyl (C=O) groups excluding carboxylic acids is 1. The molecule has 0 saturated carbocycles. The number of carboxylic acid groups (broad SMARTS) is 1. The van der Waals surface area contributed by atoms with Gasteiger partial charge in [0.2, 0.25) is 10.0 Å². The number of alkyl carbamates (subject to hydrolysis) is 1. The van der Waals surface area contributed by atoms with Gasteiger partial charge in [0, 0.05) is 35.1 Å². The maximum Gasteiger partial charge on any atom is 0.407 e. The van der Waals surface area contributed by atoms with Crippen molar-refractivity contribution >= 4 is 39.1 Å². The molecule has 13 nitrogen and oxygen atoms in total. The number of benzene rings is 3. The summed E-state index contributed by atoms with van der Waals surface area (Å²) in [5.74, 6) is -1.41. The fourth-order valence-electron chi connectivity index (χ4n) is 8.87. The first-order valence-corrected chi connectivity index (χ1v) is 23.6. The lowest BCUT2D eigenvalue weighted by atomic mass is 9.76. The molecule has 2 saturated heterocycles. The summed E-state index contributed by atoms with van der Waals surface area (Å²) in [5.41, 5.74) is 4.89. The van der Waals surface area contributed by atoms with Crippen molar-refractivity contribution in [2.45, 2.75) is 102 Å². The highest BCUT2D eigenvalue weighted by molar-refractivity contribution is 7.89. The Morgan fingerprint density at radius 1 is 1.00 bits per heavy atom. The second kappa shape index (κ2) is 18.7. The number of anilines is 1. The molecular weight excluding hydrogens is 831 g/mol. The lowest BCUT2D eigenvalue weighted by Gasteiger charge is -2.31. The number of carbonyl (C=O) groups is 2. The minimum atomic E-state index is -4.05. The largest absolute Gasteiger partial charge is 0.497 e. The minimum Gasteiger partial charge on any atom is -0.497 e. The Labute approximate surface area is 368 Å². The number of thiophene rings is 1. The SMILES string of the molecule is COc1ccc(S(=O)(=O)N(CC(C)C)C[C@@H](O)[C@@H](Cc2ccc(NCc3ccccc3-c3sc4c(c3C(=O)O)CC(C)(C)CC4)cc2)NC(=O)O[C@H]2CO[C@@]3(C)OCC[C@@H]23)cc1. The number of aromatic carboxylic acids is 1. The van der Waals surface area contributed by atoms with Gasteiger partial charge in [-0.3, -0.25) is 0 Å². The zero-order chi connectivity index (χ0) is 44.4. The Balaban J connectivity index is 1.08. The van der Waals surface area contributed by atoms with E-state index in [-0.39, 0.29) is 48.3 Å². The van der Waals surface area contributed by atoms with E-state index in [1.807, 2.05) is 69.3 Å². The molecule has 4 aromatic rings. The van der Waals surface area contributed by atoms with Gasteiger partial charge in [0.15, 0.2) is 5.79 Å². The van der Waals surface area contributed by atoms with Gasteiger partial charge in [-0.1, -0.05) is 64.1 Å². The summed E-state index contributed by atoms with van der Waals surface area (Å²) >= 11 is 1.59. The first-order valence-electron chi connectivity index (χ1n) is 21.3. The van der Waals surface area contributed by atoms with Crippen LogP contribution in [0, 0.1) is 17.3 Å². The van der Waals surface area contributed by atoms with E-state index in [9.17, 15) is 28.2 Å². The van der Waals surface area contributed by atoms with E-state index in [4.69, 9.17) is 18.9 Å². The average Bonchev–Trinajstić information content (AvgIpc) is 3.90. The summed E-state index contributed by atoms with van der Waals surface area (Å²) in [7, 11) is -2.54. The Hall–Kier alpha value is -4.51. The number of nitrogens with zero attached hydrogens (tertiary/aromatic N) is 1. The van der Waals surface area contributed by atoms with Gasteiger partial charge in [-0.25, -0.2) is 18.0 Å². The van der Waals surface area contributed by atoms with Crippen molar-refractivity contribution in [2.75, 3.05) is 38.7 Å². The van der Waals surface area contributed by atoms with E-state index >= 15 is 0 Å². The lowest BCUT2D eigenvalue weighted by molar-refractivity contribution is -0.181. The number of aryl methyl sites for hydroxylation is 1. The van der Waals surface area contributed by atoms with Gasteiger partial charge in [0.25, 0.3) is 0 Å². The number of carboxylic acids is 1. The number of rotatable bonds is 17. The van der Waals surface area contributed by atoms with Crippen molar-refractivity contribution in [1.82, 2.24) is 9.62 Å². The molecule has 5 atom stereocenters. The Kier molecular flexibility index (Phi) is 13.7. The molecule has 4 N–H and O–H groups in total. The standard InChI is InChI=1S/C47H59N3O10S2/c1-29(2)26-50(62(55,56)34-17-15-33(57-6)16-18-34)27-39(51)38(49-45(54)60-40-28-59-47(5)37(40)20-22-58-47)23-30-11-13-32(14-12-30)48-25-31-9-7-8-10-35(31)43-42(44(52)53)36-24-46(3,4)21-19-41(36)61-43/h7-18,29,37-40,48,51H,19-28H2,1-6H3,(H,49,54)(H,52,53)/t37-,38+,39+,40-,47+/m0/s1. The van der Waals surface area contributed by atoms with E-state index in [1.165, 1.54) is 23.5 Å². The zero-order valence-corrected chi connectivity index (χ0v) is 37.9. The maximum atomic E-state index is 14.0. The highest BCUT2D eigenvalue weighted by Crippen LogP contribution is 2.46. The highest BCUT2D eigenvalue weighted by Gasteiger charge is 2.53. The van der Waals surface area contributed by atoms with Crippen LogP contribution in [-0.2, 0) is 50.0 Å². The molecule has 7 rings (SSSR count). The lowest BCUT2D eigenvalue weighted by Crippen LogP contribution is -2.51. The first kappa shape index (κ1) is 45.5. The number of hydrogen-bond acceptors (Lipinski definition) is 11. The van der Waals surface area contributed by atoms with Crippen LogP contribution in [0.2, 0.25) is 0 Å².